The molecule has 0 saturated carbocycles. The molecular weight excluding hydrogens is 562 g/mol. The van der Waals surface area contributed by atoms with Gasteiger partial charge >= 0.3 is 12.3 Å². The monoisotopic (exact) mass is 589 g/mol. The van der Waals surface area contributed by atoms with E-state index in [0.29, 0.717) is 26.9 Å². The number of hydrogen-bond acceptors (Lipinski definition) is 7. The minimum Gasteiger partial charge on any atom is -0.484 e. The summed E-state index contributed by atoms with van der Waals surface area (Å²) in [6.07, 6.45) is -6.39. The van der Waals surface area contributed by atoms with Crippen LogP contribution in [0.3, 0.4) is 0 Å². The van der Waals surface area contributed by atoms with E-state index in [0.717, 1.165) is 35.0 Å². The number of rotatable bonds is 7. The highest BCUT2D eigenvalue weighted by molar-refractivity contribution is 7.92. The van der Waals surface area contributed by atoms with Gasteiger partial charge in [0.1, 0.15) is 23.8 Å². The lowest BCUT2D eigenvalue weighted by Crippen LogP contribution is -2.49. The van der Waals surface area contributed by atoms with Crippen LogP contribution in [0, 0.1) is 5.82 Å². The molecule has 0 radical (unpaired) electrons. The van der Waals surface area contributed by atoms with Crippen LogP contribution in [0.25, 0.3) is 0 Å². The zero-order valence-electron chi connectivity index (χ0n) is 21.5. The van der Waals surface area contributed by atoms with E-state index in [1.807, 2.05) is 0 Å². The number of amides is 2. The van der Waals surface area contributed by atoms with E-state index in [2.05, 4.69) is 15.4 Å². The molecule has 2 aromatic rings. The van der Waals surface area contributed by atoms with Gasteiger partial charge < -0.3 is 19.5 Å². The van der Waals surface area contributed by atoms with Crippen molar-refractivity contribution in [1.29, 1.82) is 0 Å². The third-order valence-corrected chi connectivity index (χ3v) is 8.09. The lowest BCUT2D eigenvalue weighted by Gasteiger charge is -2.36. The lowest BCUT2D eigenvalue weighted by atomic mass is 10.1. The fraction of sp³-hybridized carbons (Fsp3) is 0.440. The van der Waals surface area contributed by atoms with E-state index in [1.165, 1.54) is 18.2 Å². The van der Waals surface area contributed by atoms with Crippen LogP contribution in [-0.4, -0.2) is 64.1 Å². The van der Waals surface area contributed by atoms with Crippen molar-refractivity contribution < 1.29 is 49.8 Å². The van der Waals surface area contributed by atoms with Crippen molar-refractivity contribution in [3.63, 3.8) is 0 Å². The molecule has 0 aliphatic carbocycles. The van der Waals surface area contributed by atoms with Crippen molar-refractivity contribution in [2.24, 2.45) is 0 Å². The maximum absolute atomic E-state index is 13.6. The second kappa shape index (κ2) is 11.1. The summed E-state index contributed by atoms with van der Waals surface area (Å²) in [5.41, 5.74) is -2.90. The SMILES string of the molecule is CC(C)(OC(=O)Nc1ccc2c(c1)N(S(=O)(=O)c1ccc(F)cc1)C[C@H](CNC(=O)C1CCCO1)O2)C(F)(F)F. The standard InChI is InChI=1S/C25H27F4N3O7S/c1-24(2,25(27,28)29)39-23(34)31-16-7-10-20-19(12-16)32(40(35,36)18-8-5-15(26)6-9-18)14-17(38-20)13-30-22(33)21-4-3-11-37-21/h5-10,12,17,21H,3-4,11,13-14H2,1-2H3,(H,30,33)(H,31,34)/t17-,21?/m0/s1. The zero-order chi connectivity index (χ0) is 29.3. The van der Waals surface area contributed by atoms with Gasteiger partial charge in [-0.25, -0.2) is 17.6 Å². The topological polar surface area (TPSA) is 123 Å². The van der Waals surface area contributed by atoms with Gasteiger partial charge in [-0.05, 0) is 69.2 Å². The highest BCUT2D eigenvalue weighted by Gasteiger charge is 2.51. The van der Waals surface area contributed by atoms with Crippen LogP contribution in [0.1, 0.15) is 26.7 Å². The van der Waals surface area contributed by atoms with Crippen LogP contribution < -0.4 is 19.7 Å². The average molecular weight is 590 g/mol. The summed E-state index contributed by atoms with van der Waals surface area (Å²) in [5, 5.41) is 4.85. The van der Waals surface area contributed by atoms with Gasteiger partial charge in [0.2, 0.25) is 11.5 Å². The quantitative estimate of drug-likeness (QED) is 0.469. The third-order valence-electron chi connectivity index (χ3n) is 6.30. The number of sulfonamides is 1. The molecule has 2 amide bonds. The first kappa shape index (κ1) is 29.4. The van der Waals surface area contributed by atoms with Crippen LogP contribution in [-0.2, 0) is 24.3 Å². The molecule has 0 bridgehead atoms. The van der Waals surface area contributed by atoms with Gasteiger partial charge in [0.05, 0.1) is 23.7 Å². The van der Waals surface area contributed by atoms with E-state index < -0.39 is 45.9 Å². The molecule has 2 aromatic carbocycles. The van der Waals surface area contributed by atoms with Gasteiger partial charge in [0.15, 0.2) is 0 Å². The van der Waals surface area contributed by atoms with Crippen LogP contribution in [0.2, 0.25) is 0 Å². The van der Waals surface area contributed by atoms with Gasteiger partial charge in [-0.2, -0.15) is 13.2 Å². The average Bonchev–Trinajstić information content (AvgIpc) is 3.41. The molecule has 2 atom stereocenters. The number of carbonyl (C=O) groups is 2. The van der Waals surface area contributed by atoms with Gasteiger partial charge in [0, 0.05) is 12.3 Å². The van der Waals surface area contributed by atoms with Crippen molar-refractivity contribution in [2.75, 3.05) is 29.3 Å². The molecule has 218 valence electrons. The molecule has 2 aliphatic heterocycles. The largest absolute Gasteiger partial charge is 0.484 e. The second-order valence-electron chi connectivity index (χ2n) is 9.68. The molecule has 1 fully saturated rings. The summed E-state index contributed by atoms with van der Waals surface area (Å²) in [5.74, 6) is -0.953. The Morgan fingerprint density at radius 3 is 2.45 bits per heavy atom. The molecule has 0 spiro atoms. The van der Waals surface area contributed by atoms with Gasteiger partial charge in [0.25, 0.3) is 10.0 Å². The highest BCUT2D eigenvalue weighted by atomic mass is 32.2. The Morgan fingerprint density at radius 2 is 1.82 bits per heavy atom. The molecule has 1 unspecified atom stereocenters. The predicted molar refractivity (Wildman–Crippen MR) is 134 cm³/mol. The van der Waals surface area contributed by atoms with Crippen molar-refractivity contribution in [3.8, 4) is 5.75 Å². The maximum atomic E-state index is 13.6. The highest BCUT2D eigenvalue weighted by Crippen LogP contribution is 2.39. The number of anilines is 2. The van der Waals surface area contributed by atoms with Crippen molar-refractivity contribution in [3.05, 3.63) is 48.3 Å². The molecular formula is C25H27F4N3O7S. The number of hydrogen-bond donors (Lipinski definition) is 2. The number of halogens is 4. The number of nitrogens with one attached hydrogen (secondary N) is 2. The number of carbonyl (C=O) groups excluding carboxylic acids is 2. The van der Waals surface area contributed by atoms with Crippen LogP contribution >= 0.6 is 0 Å². The van der Waals surface area contributed by atoms with Gasteiger partial charge in [-0.15, -0.1) is 0 Å². The van der Waals surface area contributed by atoms with Crippen molar-refractivity contribution in [1.82, 2.24) is 5.32 Å². The predicted octanol–water partition coefficient (Wildman–Crippen LogP) is 3.97. The minimum atomic E-state index is -4.83. The fourth-order valence-electron chi connectivity index (χ4n) is 4.00. The normalized spacial score (nSPS) is 19.4. The molecule has 1 saturated heterocycles. The lowest BCUT2D eigenvalue weighted by molar-refractivity contribution is -0.242. The Hall–Kier alpha value is -3.59. The van der Waals surface area contributed by atoms with Crippen LogP contribution in [0.4, 0.5) is 33.7 Å². The third kappa shape index (κ3) is 6.41. The molecule has 40 heavy (non-hydrogen) atoms. The Kier molecular flexibility index (Phi) is 8.17. The number of alkyl halides is 3. The summed E-state index contributed by atoms with van der Waals surface area (Å²) in [6.45, 7) is 1.48. The molecule has 2 N–H and O–H groups in total. The number of benzene rings is 2. The molecule has 2 aliphatic rings. The fourth-order valence-corrected chi connectivity index (χ4v) is 5.50. The molecule has 0 aromatic heterocycles. The zero-order valence-corrected chi connectivity index (χ0v) is 22.3. The summed E-state index contributed by atoms with van der Waals surface area (Å²) in [7, 11) is -4.32. The van der Waals surface area contributed by atoms with E-state index in [9.17, 15) is 35.6 Å². The van der Waals surface area contributed by atoms with Gasteiger partial charge in [-0.1, -0.05) is 0 Å². The number of ether oxygens (including phenoxy) is 3. The van der Waals surface area contributed by atoms with E-state index in [-0.39, 0.29) is 41.0 Å². The van der Waals surface area contributed by atoms with Crippen LogP contribution in [0.15, 0.2) is 47.4 Å². The first-order chi connectivity index (χ1) is 18.7. The van der Waals surface area contributed by atoms with E-state index in [4.69, 9.17) is 9.47 Å². The minimum absolute atomic E-state index is 0.0427. The summed E-state index contributed by atoms with van der Waals surface area (Å²) < 4.78 is 96.7. The van der Waals surface area contributed by atoms with Crippen LogP contribution in [0.5, 0.6) is 5.75 Å². The summed E-state index contributed by atoms with van der Waals surface area (Å²) in [4.78, 5) is 24.4. The number of nitrogens with zero attached hydrogens (tertiary/aromatic N) is 1. The molecule has 4 rings (SSSR count). The number of fused-ring (bicyclic) bond motifs is 1. The first-order valence-corrected chi connectivity index (χ1v) is 13.7. The smallest absolute Gasteiger partial charge is 0.427 e. The maximum Gasteiger partial charge on any atom is 0.427 e. The summed E-state index contributed by atoms with van der Waals surface area (Å²) in [6, 6.07) is 7.91. The Labute approximate surface area is 227 Å². The first-order valence-electron chi connectivity index (χ1n) is 12.2. The Morgan fingerprint density at radius 1 is 1.12 bits per heavy atom. The molecule has 10 nitrogen and oxygen atoms in total. The van der Waals surface area contributed by atoms with Crippen molar-refractivity contribution >= 4 is 33.4 Å². The summed E-state index contributed by atoms with van der Waals surface area (Å²) >= 11 is 0. The Bertz CT molecular complexity index is 1360. The molecule has 15 heteroatoms. The molecule has 2 heterocycles. The van der Waals surface area contributed by atoms with Crippen molar-refractivity contribution in [2.45, 2.75) is 55.6 Å². The van der Waals surface area contributed by atoms with E-state index in [1.54, 1.807) is 0 Å². The van der Waals surface area contributed by atoms with Gasteiger partial charge in [-0.3, -0.25) is 14.4 Å². The second-order valence-corrected chi connectivity index (χ2v) is 11.5. The Balaban J connectivity index is 1.60. The van der Waals surface area contributed by atoms with E-state index >= 15 is 0 Å².